The number of anilines is 2. The van der Waals surface area contributed by atoms with E-state index >= 15 is 0 Å². The summed E-state index contributed by atoms with van der Waals surface area (Å²) in [4.78, 5) is 14.3. The van der Waals surface area contributed by atoms with E-state index < -0.39 is 0 Å². The number of nitrogens with one attached hydrogen (secondary N) is 2. The molecule has 2 saturated heterocycles. The van der Waals surface area contributed by atoms with Crippen molar-refractivity contribution in [3.63, 3.8) is 0 Å². The van der Waals surface area contributed by atoms with Crippen LogP contribution in [0.2, 0.25) is 0 Å². The number of nitrogens with two attached hydrogens (primary N) is 1. The number of fused-ring (bicyclic) bond motifs is 1. The van der Waals surface area contributed by atoms with Gasteiger partial charge in [-0.25, -0.2) is 14.4 Å². The highest BCUT2D eigenvalue weighted by Crippen LogP contribution is 2.32. The van der Waals surface area contributed by atoms with Gasteiger partial charge in [-0.15, -0.1) is 0 Å². The van der Waals surface area contributed by atoms with Gasteiger partial charge in [0.1, 0.15) is 17.5 Å². The van der Waals surface area contributed by atoms with E-state index in [9.17, 15) is 4.39 Å². The summed E-state index contributed by atoms with van der Waals surface area (Å²) in [5, 5.41) is 7.97. The Morgan fingerprint density at radius 2 is 1.88 bits per heavy atom. The minimum Gasteiger partial charge on any atom is -0.383 e. The van der Waals surface area contributed by atoms with Crippen LogP contribution in [-0.4, -0.2) is 64.1 Å². The molecule has 2 aliphatic rings. The summed E-state index contributed by atoms with van der Waals surface area (Å²) < 4.78 is 22.3. The van der Waals surface area contributed by atoms with E-state index in [2.05, 4.69) is 26.6 Å². The highest BCUT2D eigenvalue weighted by atomic mass is 19.1. The second kappa shape index (κ2) is 8.69. The van der Waals surface area contributed by atoms with Crippen LogP contribution in [0.3, 0.4) is 0 Å². The molecule has 0 unspecified atom stereocenters. The number of nitrogens with zero attached hydrogens (tertiary/aromatic N) is 5. The van der Waals surface area contributed by atoms with Crippen LogP contribution >= 0.6 is 0 Å². The van der Waals surface area contributed by atoms with Gasteiger partial charge in [0.15, 0.2) is 0 Å². The van der Waals surface area contributed by atoms with Crippen LogP contribution < -0.4 is 16.0 Å². The van der Waals surface area contributed by atoms with Crippen molar-refractivity contribution >= 4 is 22.5 Å². The first kappa shape index (κ1) is 21.1. The van der Waals surface area contributed by atoms with Gasteiger partial charge in [0.25, 0.3) is 0 Å². The fourth-order valence-corrected chi connectivity index (χ4v) is 4.77. The summed E-state index contributed by atoms with van der Waals surface area (Å²) in [6, 6.07) is 5.64. The lowest BCUT2D eigenvalue weighted by atomic mass is 10.1. The Hall–Kier alpha value is -3.50. The zero-order valence-electron chi connectivity index (χ0n) is 18.8. The van der Waals surface area contributed by atoms with Gasteiger partial charge in [-0.3, -0.25) is 4.68 Å². The number of ether oxygens (including phenoxy) is 1. The molecule has 9 nitrogen and oxygen atoms in total. The molecular weight excluding hydrogens is 435 g/mol. The van der Waals surface area contributed by atoms with Crippen LogP contribution in [0.1, 0.15) is 18.9 Å². The van der Waals surface area contributed by atoms with Crippen LogP contribution in [0.5, 0.6) is 0 Å². The summed E-state index contributed by atoms with van der Waals surface area (Å²) in [5.74, 6) is 0.642. The summed E-state index contributed by atoms with van der Waals surface area (Å²) in [5.41, 5.74) is 10.6. The van der Waals surface area contributed by atoms with Gasteiger partial charge < -0.3 is 25.7 Å². The van der Waals surface area contributed by atoms with E-state index in [-0.39, 0.29) is 5.82 Å². The zero-order valence-corrected chi connectivity index (χ0v) is 18.8. The Morgan fingerprint density at radius 3 is 2.71 bits per heavy atom. The van der Waals surface area contributed by atoms with Gasteiger partial charge in [0, 0.05) is 42.7 Å². The fraction of sp³-hybridized carbons (Fsp3) is 0.375. The molecular formula is C24H27FN8O. The minimum absolute atomic E-state index is 0.283. The molecule has 10 heteroatoms. The number of benzene rings is 1. The molecule has 0 bridgehead atoms. The maximum Gasteiger partial charge on any atom is 0.148 e. The first-order valence-corrected chi connectivity index (χ1v) is 11.7. The standard InChI is InChI=1S/C24H27FN8O/c25-19-10-20-21(11-22(19)32-5-7-34-8-6-32)31-24(30-20)18-9-15(12-28-23(18)26)16-13-29-33(14-16)17-1-3-27-4-2-17/h9-14,17,27H,1-8H2,(H2,26,28)(H,30,31). The molecule has 1 aromatic carbocycles. The second-order valence-corrected chi connectivity index (χ2v) is 8.85. The quantitative estimate of drug-likeness (QED) is 0.428. The Labute approximate surface area is 196 Å². The van der Waals surface area contributed by atoms with E-state index in [1.54, 1.807) is 12.3 Å². The van der Waals surface area contributed by atoms with Gasteiger partial charge in [-0.2, -0.15) is 5.10 Å². The van der Waals surface area contributed by atoms with Crippen molar-refractivity contribution in [2.45, 2.75) is 18.9 Å². The third-order valence-corrected chi connectivity index (χ3v) is 6.69. The van der Waals surface area contributed by atoms with Crippen LogP contribution in [0.15, 0.2) is 36.8 Å². The number of nitrogen functional groups attached to an aromatic ring is 1. The van der Waals surface area contributed by atoms with E-state index in [1.165, 1.54) is 6.07 Å². The first-order valence-electron chi connectivity index (χ1n) is 11.7. The maximum atomic E-state index is 14.9. The van der Waals surface area contributed by atoms with E-state index in [4.69, 9.17) is 15.5 Å². The smallest absolute Gasteiger partial charge is 0.148 e. The average Bonchev–Trinajstić information content (AvgIpc) is 3.52. The number of hydrogen-bond donors (Lipinski definition) is 3. The molecule has 2 fully saturated rings. The third kappa shape index (κ3) is 3.88. The predicted octanol–water partition coefficient (Wildman–Crippen LogP) is 2.97. The number of hydrogen-bond acceptors (Lipinski definition) is 7. The van der Waals surface area contributed by atoms with Gasteiger partial charge >= 0.3 is 0 Å². The molecule has 0 amide bonds. The normalized spacial score (nSPS) is 17.5. The number of H-pyrrole nitrogens is 1. The summed E-state index contributed by atoms with van der Waals surface area (Å²) in [6.07, 6.45) is 7.81. The van der Waals surface area contributed by atoms with Crippen molar-refractivity contribution in [1.29, 1.82) is 0 Å². The van der Waals surface area contributed by atoms with Crippen molar-refractivity contribution in [3.8, 4) is 22.5 Å². The van der Waals surface area contributed by atoms with Crippen molar-refractivity contribution in [2.75, 3.05) is 50.0 Å². The molecule has 0 saturated carbocycles. The van der Waals surface area contributed by atoms with Gasteiger partial charge in [0.05, 0.1) is 47.7 Å². The highest BCUT2D eigenvalue weighted by Gasteiger charge is 2.20. The van der Waals surface area contributed by atoms with Crippen LogP contribution in [-0.2, 0) is 4.74 Å². The van der Waals surface area contributed by atoms with Crippen molar-refractivity contribution in [3.05, 3.63) is 42.6 Å². The summed E-state index contributed by atoms with van der Waals surface area (Å²) >= 11 is 0. The van der Waals surface area contributed by atoms with Gasteiger partial charge in [-0.05, 0) is 38.1 Å². The molecule has 0 atom stereocenters. The molecule has 0 aliphatic carbocycles. The molecule has 34 heavy (non-hydrogen) atoms. The Morgan fingerprint density at radius 1 is 1.06 bits per heavy atom. The van der Waals surface area contributed by atoms with E-state index in [0.717, 1.165) is 37.1 Å². The first-order chi connectivity index (χ1) is 16.7. The number of aromatic nitrogens is 5. The number of rotatable bonds is 4. The third-order valence-electron chi connectivity index (χ3n) is 6.69. The molecule has 176 valence electrons. The largest absolute Gasteiger partial charge is 0.383 e. The number of pyridine rings is 1. The highest BCUT2D eigenvalue weighted by molar-refractivity contribution is 5.85. The fourth-order valence-electron chi connectivity index (χ4n) is 4.77. The lowest BCUT2D eigenvalue weighted by molar-refractivity contribution is 0.122. The monoisotopic (exact) mass is 462 g/mol. The topological polar surface area (TPSA) is 110 Å². The SMILES string of the molecule is Nc1ncc(-c2cnn(C3CCNCC3)c2)cc1-c1nc2cc(N3CCOCC3)c(F)cc2[nH]1. The van der Waals surface area contributed by atoms with Gasteiger partial charge in [0.2, 0.25) is 0 Å². The Bertz CT molecular complexity index is 1320. The molecule has 3 aromatic heterocycles. The molecule has 5 heterocycles. The number of halogens is 1. The minimum atomic E-state index is -0.283. The number of piperidine rings is 1. The molecule has 0 radical (unpaired) electrons. The van der Waals surface area contributed by atoms with Crippen LogP contribution in [0.4, 0.5) is 15.9 Å². The van der Waals surface area contributed by atoms with E-state index in [0.29, 0.717) is 66.3 Å². The van der Waals surface area contributed by atoms with Crippen molar-refractivity contribution in [2.24, 2.45) is 0 Å². The number of imidazole rings is 1. The van der Waals surface area contributed by atoms with Crippen molar-refractivity contribution < 1.29 is 9.13 Å². The zero-order chi connectivity index (χ0) is 23.1. The lowest BCUT2D eigenvalue weighted by Gasteiger charge is -2.29. The number of morpholine rings is 1. The molecule has 0 spiro atoms. The summed E-state index contributed by atoms with van der Waals surface area (Å²) in [7, 11) is 0. The molecule has 6 rings (SSSR count). The average molecular weight is 463 g/mol. The molecule has 2 aliphatic heterocycles. The molecule has 4 N–H and O–H groups in total. The van der Waals surface area contributed by atoms with Crippen LogP contribution in [0.25, 0.3) is 33.5 Å². The van der Waals surface area contributed by atoms with Crippen LogP contribution in [0, 0.1) is 5.82 Å². The summed E-state index contributed by atoms with van der Waals surface area (Å²) in [6.45, 7) is 4.51. The second-order valence-electron chi connectivity index (χ2n) is 8.85. The van der Waals surface area contributed by atoms with E-state index in [1.807, 2.05) is 21.8 Å². The lowest BCUT2D eigenvalue weighted by Crippen LogP contribution is -2.36. The predicted molar refractivity (Wildman–Crippen MR) is 129 cm³/mol. The maximum absolute atomic E-state index is 14.9. The van der Waals surface area contributed by atoms with Crippen molar-refractivity contribution in [1.82, 2.24) is 30.0 Å². The molecule has 4 aromatic rings. The Kier molecular flexibility index (Phi) is 5.39. The Balaban J connectivity index is 1.33. The van der Waals surface area contributed by atoms with Gasteiger partial charge in [-0.1, -0.05) is 0 Å². The number of aromatic amines is 1.